The Balaban J connectivity index is 5.31. The Kier molecular flexibility index (Phi) is 9.92. The first-order valence-electron chi connectivity index (χ1n) is 8.50. The largest absolute Gasteiger partial charge is 0.463 e. The Morgan fingerprint density at radius 2 is 1.44 bits per heavy atom. The van der Waals surface area contributed by atoms with Gasteiger partial charge in [-0.05, 0) is 44.1 Å². The van der Waals surface area contributed by atoms with Crippen molar-refractivity contribution in [1.82, 2.24) is 0 Å². The fourth-order valence-corrected chi connectivity index (χ4v) is 2.83. The minimum atomic E-state index is -2.21. The zero-order valence-corrected chi connectivity index (χ0v) is 17.4. The maximum Gasteiger partial charge on any atom is 0.330 e. The Bertz CT molecular complexity index is 490. The predicted octanol–water partition coefficient (Wildman–Crippen LogP) is 2.98. The van der Waals surface area contributed by atoms with Crippen LogP contribution in [0.1, 0.15) is 34.6 Å². The molecule has 0 rings (SSSR count). The third-order valence-corrected chi connectivity index (χ3v) is 8.47. The van der Waals surface area contributed by atoms with Gasteiger partial charge in [-0.25, -0.2) is 9.59 Å². The summed E-state index contributed by atoms with van der Waals surface area (Å²) in [5, 5.41) is 10.3. The molecule has 0 aromatic carbocycles. The number of esters is 2. The van der Waals surface area contributed by atoms with Crippen molar-refractivity contribution >= 4 is 20.3 Å². The van der Waals surface area contributed by atoms with E-state index < -0.39 is 32.5 Å². The van der Waals surface area contributed by atoms with E-state index in [1.807, 2.05) is 13.1 Å². The maximum absolute atomic E-state index is 11.6. The zero-order chi connectivity index (χ0) is 19.7. The number of rotatable bonds is 9. The van der Waals surface area contributed by atoms with E-state index >= 15 is 0 Å². The molecule has 0 aromatic rings. The SMILES string of the molecule is CCOC(=O)/C=C/[C@@H](O)[C@@H](/C=C/C(=O)OCC)O[Si](C)(C)C(C)(C)C. The number of aliphatic hydroxyl groups is 1. The molecule has 144 valence electrons. The Morgan fingerprint density at radius 3 is 1.84 bits per heavy atom. The van der Waals surface area contributed by atoms with Crippen molar-refractivity contribution in [2.45, 2.75) is 65.0 Å². The third kappa shape index (κ3) is 8.99. The minimum absolute atomic E-state index is 0.0758. The van der Waals surface area contributed by atoms with Gasteiger partial charge in [0.25, 0.3) is 0 Å². The number of hydrogen-bond donors (Lipinski definition) is 1. The number of hydrogen-bond acceptors (Lipinski definition) is 6. The Labute approximate surface area is 152 Å². The molecule has 0 aliphatic carbocycles. The lowest BCUT2D eigenvalue weighted by molar-refractivity contribution is -0.138. The molecule has 0 saturated carbocycles. The molecule has 0 bridgehead atoms. The minimum Gasteiger partial charge on any atom is -0.463 e. The van der Waals surface area contributed by atoms with Crippen LogP contribution in [0.4, 0.5) is 0 Å². The van der Waals surface area contributed by atoms with E-state index in [-0.39, 0.29) is 18.3 Å². The molecule has 6 nitrogen and oxygen atoms in total. The summed E-state index contributed by atoms with van der Waals surface area (Å²) < 4.78 is 15.8. The molecule has 2 atom stereocenters. The van der Waals surface area contributed by atoms with Gasteiger partial charge < -0.3 is 19.0 Å². The van der Waals surface area contributed by atoms with Crippen LogP contribution in [0.25, 0.3) is 0 Å². The van der Waals surface area contributed by atoms with Gasteiger partial charge in [-0.15, -0.1) is 0 Å². The Hall–Kier alpha value is -1.44. The highest BCUT2D eigenvalue weighted by molar-refractivity contribution is 6.74. The number of aliphatic hydroxyl groups excluding tert-OH is 1. The summed E-state index contributed by atoms with van der Waals surface area (Å²) in [6, 6.07) is 0. The highest BCUT2D eigenvalue weighted by Crippen LogP contribution is 2.37. The zero-order valence-electron chi connectivity index (χ0n) is 16.4. The number of carbonyl (C=O) groups excluding carboxylic acids is 2. The summed E-state index contributed by atoms with van der Waals surface area (Å²) in [4.78, 5) is 23.0. The van der Waals surface area contributed by atoms with Gasteiger partial charge in [0.15, 0.2) is 8.32 Å². The van der Waals surface area contributed by atoms with E-state index in [1.165, 1.54) is 18.2 Å². The smallest absolute Gasteiger partial charge is 0.330 e. The summed E-state index contributed by atoms with van der Waals surface area (Å²) in [6.07, 6.45) is 3.32. The fourth-order valence-electron chi connectivity index (χ4n) is 1.58. The monoisotopic (exact) mass is 372 g/mol. The summed E-state index contributed by atoms with van der Waals surface area (Å²) in [5.41, 5.74) is 0. The van der Waals surface area contributed by atoms with Gasteiger partial charge in [0.1, 0.15) is 6.10 Å². The number of ether oxygens (including phenoxy) is 2. The van der Waals surface area contributed by atoms with Crippen LogP contribution in [0.2, 0.25) is 18.1 Å². The first kappa shape index (κ1) is 23.6. The third-order valence-electron chi connectivity index (χ3n) is 4.00. The van der Waals surface area contributed by atoms with Crippen LogP contribution in [0.5, 0.6) is 0 Å². The van der Waals surface area contributed by atoms with Crippen molar-refractivity contribution in [3.8, 4) is 0 Å². The van der Waals surface area contributed by atoms with Crippen molar-refractivity contribution < 1.29 is 28.6 Å². The van der Waals surface area contributed by atoms with Gasteiger partial charge in [0.05, 0.1) is 19.3 Å². The fraction of sp³-hybridized carbons (Fsp3) is 0.667. The van der Waals surface area contributed by atoms with E-state index in [2.05, 4.69) is 20.8 Å². The van der Waals surface area contributed by atoms with Crippen molar-refractivity contribution in [3.05, 3.63) is 24.3 Å². The molecule has 0 saturated heterocycles. The molecule has 0 fully saturated rings. The van der Waals surface area contributed by atoms with Gasteiger partial charge in [0, 0.05) is 12.2 Å². The summed E-state index contributed by atoms with van der Waals surface area (Å²) in [6.45, 7) is 14.2. The summed E-state index contributed by atoms with van der Waals surface area (Å²) in [5.74, 6) is -1.05. The lowest BCUT2D eigenvalue weighted by Gasteiger charge is -2.39. The van der Waals surface area contributed by atoms with Crippen molar-refractivity contribution in [2.24, 2.45) is 0 Å². The molecule has 0 radical (unpaired) electrons. The normalized spacial score (nSPS) is 15.4. The molecule has 25 heavy (non-hydrogen) atoms. The second-order valence-electron chi connectivity index (χ2n) is 7.06. The van der Waals surface area contributed by atoms with Crippen molar-refractivity contribution in [2.75, 3.05) is 13.2 Å². The standard InChI is InChI=1S/C18H32O6Si/c1-8-22-16(20)12-10-14(19)15(11-13-17(21)23-9-2)24-25(6,7)18(3,4)5/h10-15,19H,8-9H2,1-7H3/b12-10+,13-11+/t14-,15-/m1/s1. The van der Waals surface area contributed by atoms with Gasteiger partial charge in [-0.2, -0.15) is 0 Å². The molecule has 0 unspecified atom stereocenters. The van der Waals surface area contributed by atoms with Crippen LogP contribution >= 0.6 is 0 Å². The van der Waals surface area contributed by atoms with Crippen LogP contribution in [0.3, 0.4) is 0 Å². The average Bonchev–Trinajstić information content (AvgIpc) is 2.48. The molecule has 0 amide bonds. The molecule has 0 heterocycles. The van der Waals surface area contributed by atoms with Crippen LogP contribution in [0, 0.1) is 0 Å². The van der Waals surface area contributed by atoms with E-state index in [0.717, 1.165) is 6.08 Å². The quantitative estimate of drug-likeness (QED) is 0.381. The van der Waals surface area contributed by atoms with E-state index in [1.54, 1.807) is 13.8 Å². The average molecular weight is 373 g/mol. The predicted molar refractivity (Wildman–Crippen MR) is 99.6 cm³/mol. The van der Waals surface area contributed by atoms with Crippen LogP contribution in [0.15, 0.2) is 24.3 Å². The molecule has 1 N–H and O–H groups in total. The molecule has 0 spiro atoms. The molecular formula is C18H32O6Si. The van der Waals surface area contributed by atoms with E-state index in [4.69, 9.17) is 13.9 Å². The number of carbonyl (C=O) groups is 2. The maximum atomic E-state index is 11.6. The molecule has 0 aromatic heterocycles. The lowest BCUT2D eigenvalue weighted by Crippen LogP contribution is -2.46. The first-order valence-corrected chi connectivity index (χ1v) is 11.4. The molecule has 7 heteroatoms. The molecule has 0 aliphatic rings. The highest BCUT2D eigenvalue weighted by Gasteiger charge is 2.39. The van der Waals surface area contributed by atoms with Gasteiger partial charge in [0.2, 0.25) is 0 Å². The Morgan fingerprint density at radius 1 is 1.00 bits per heavy atom. The van der Waals surface area contributed by atoms with Gasteiger partial charge in [-0.1, -0.05) is 20.8 Å². The van der Waals surface area contributed by atoms with Gasteiger partial charge in [-0.3, -0.25) is 0 Å². The second-order valence-corrected chi connectivity index (χ2v) is 11.8. The van der Waals surface area contributed by atoms with Crippen LogP contribution in [-0.4, -0.2) is 50.8 Å². The summed E-state index contributed by atoms with van der Waals surface area (Å²) in [7, 11) is -2.21. The molecule has 0 aliphatic heterocycles. The topological polar surface area (TPSA) is 82.1 Å². The lowest BCUT2D eigenvalue weighted by atomic mass is 10.2. The van der Waals surface area contributed by atoms with E-state index in [9.17, 15) is 14.7 Å². The van der Waals surface area contributed by atoms with E-state index in [0.29, 0.717) is 0 Å². The summed E-state index contributed by atoms with van der Waals surface area (Å²) >= 11 is 0. The van der Waals surface area contributed by atoms with Crippen LogP contribution < -0.4 is 0 Å². The second kappa shape index (κ2) is 10.5. The molecular weight excluding hydrogens is 340 g/mol. The first-order chi connectivity index (χ1) is 11.4. The van der Waals surface area contributed by atoms with Crippen LogP contribution in [-0.2, 0) is 23.5 Å². The van der Waals surface area contributed by atoms with Crippen molar-refractivity contribution in [3.63, 3.8) is 0 Å². The van der Waals surface area contributed by atoms with Gasteiger partial charge >= 0.3 is 11.9 Å². The van der Waals surface area contributed by atoms with Crippen molar-refractivity contribution in [1.29, 1.82) is 0 Å². The highest BCUT2D eigenvalue weighted by atomic mass is 28.4.